The fourth-order valence-electron chi connectivity index (χ4n) is 5.67. The van der Waals surface area contributed by atoms with Crippen molar-refractivity contribution in [3.8, 4) is 0 Å². The summed E-state index contributed by atoms with van der Waals surface area (Å²) >= 11 is 0. The molecular formula is C32H48O4. The number of hydrogen-bond donors (Lipinski definition) is 0. The van der Waals surface area contributed by atoms with E-state index in [0.29, 0.717) is 12.2 Å². The van der Waals surface area contributed by atoms with E-state index in [4.69, 9.17) is 4.74 Å². The van der Waals surface area contributed by atoms with Gasteiger partial charge in [0, 0.05) is 17.9 Å². The maximum absolute atomic E-state index is 13.4. The van der Waals surface area contributed by atoms with Crippen LogP contribution in [0.15, 0.2) is 42.0 Å². The van der Waals surface area contributed by atoms with Crippen molar-refractivity contribution < 1.29 is 19.1 Å². The van der Waals surface area contributed by atoms with Crippen molar-refractivity contribution in [2.75, 3.05) is 6.61 Å². The van der Waals surface area contributed by atoms with Gasteiger partial charge in [0.2, 0.25) is 0 Å². The van der Waals surface area contributed by atoms with Gasteiger partial charge in [0.15, 0.2) is 5.78 Å². The number of allylic oxidation sites excluding steroid dienone is 2. The molecule has 0 radical (unpaired) electrons. The lowest BCUT2D eigenvalue weighted by Crippen LogP contribution is -2.38. The molecular weight excluding hydrogens is 448 g/mol. The first-order chi connectivity index (χ1) is 17.2. The summed E-state index contributed by atoms with van der Waals surface area (Å²) in [7, 11) is 0. The van der Waals surface area contributed by atoms with E-state index in [-0.39, 0.29) is 29.3 Å². The molecule has 0 aromatic heterocycles. The number of ether oxygens (including phenoxy) is 1. The Morgan fingerprint density at radius 1 is 0.972 bits per heavy atom. The largest absolute Gasteiger partial charge is 0.465 e. The van der Waals surface area contributed by atoms with Crippen molar-refractivity contribution >= 4 is 17.5 Å². The molecule has 0 aliphatic heterocycles. The maximum Gasteiger partial charge on any atom is 0.317 e. The number of unbranched alkanes of at least 4 members (excludes halogenated alkanes) is 7. The van der Waals surface area contributed by atoms with Crippen LogP contribution in [0.2, 0.25) is 0 Å². The molecule has 0 heterocycles. The van der Waals surface area contributed by atoms with Crippen LogP contribution < -0.4 is 0 Å². The first-order valence-electron chi connectivity index (χ1n) is 14.1. The lowest BCUT2D eigenvalue weighted by molar-refractivity contribution is -0.148. The molecule has 0 bridgehead atoms. The molecule has 1 aliphatic rings. The summed E-state index contributed by atoms with van der Waals surface area (Å²) in [5.41, 5.74) is 1.47. The van der Waals surface area contributed by atoms with Gasteiger partial charge in [-0.2, -0.15) is 0 Å². The van der Waals surface area contributed by atoms with Gasteiger partial charge >= 0.3 is 5.97 Å². The topological polar surface area (TPSA) is 60.4 Å². The Kier molecular flexibility index (Phi) is 12.6. The Morgan fingerprint density at radius 2 is 1.58 bits per heavy atom. The summed E-state index contributed by atoms with van der Waals surface area (Å²) in [5.74, 6) is -2.21. The monoisotopic (exact) mass is 496 g/mol. The molecule has 200 valence electrons. The Labute approximate surface area is 219 Å². The third kappa shape index (κ3) is 9.01. The quantitative estimate of drug-likeness (QED) is 0.0761. The Hall–Kier alpha value is -2.23. The second-order valence-corrected chi connectivity index (χ2v) is 11.4. The lowest BCUT2D eigenvalue weighted by Gasteiger charge is -2.38. The van der Waals surface area contributed by atoms with E-state index in [0.717, 1.165) is 37.7 Å². The fraction of sp³-hybridized carbons (Fsp3) is 0.656. The predicted molar refractivity (Wildman–Crippen MR) is 147 cm³/mol. The Bertz CT molecular complexity index is 867. The van der Waals surface area contributed by atoms with Crippen LogP contribution in [0.3, 0.4) is 0 Å². The van der Waals surface area contributed by atoms with Gasteiger partial charge in [-0.3, -0.25) is 14.4 Å². The highest BCUT2D eigenvalue weighted by Gasteiger charge is 2.41. The molecule has 3 unspecified atom stereocenters. The summed E-state index contributed by atoms with van der Waals surface area (Å²) in [4.78, 5) is 40.0. The van der Waals surface area contributed by atoms with Crippen molar-refractivity contribution in [3.05, 3.63) is 47.5 Å². The van der Waals surface area contributed by atoms with E-state index < -0.39 is 17.8 Å². The molecule has 4 nitrogen and oxygen atoms in total. The number of Topliss-reactive ketones (excluding diaryl/α,β-unsaturated/α-hetero) is 2. The number of rotatable bonds is 16. The SMILES string of the molecule is CCCCCCCCCCOC(=O)C(C(=O)c1ccccc1)C(C)CC(=O)C1C(C)=CCCC1(C)C. The zero-order chi connectivity index (χ0) is 26.6. The molecule has 0 amide bonds. The van der Waals surface area contributed by atoms with Crippen LogP contribution in [0.1, 0.15) is 116 Å². The summed E-state index contributed by atoms with van der Waals surface area (Å²) in [6.45, 7) is 10.7. The molecule has 1 aromatic carbocycles. The number of benzene rings is 1. The predicted octanol–water partition coefficient (Wildman–Crippen LogP) is 8.15. The van der Waals surface area contributed by atoms with E-state index in [1.54, 1.807) is 24.3 Å². The zero-order valence-electron chi connectivity index (χ0n) is 23.3. The highest BCUT2D eigenvalue weighted by atomic mass is 16.5. The number of hydrogen-bond acceptors (Lipinski definition) is 4. The van der Waals surface area contributed by atoms with E-state index >= 15 is 0 Å². The first kappa shape index (κ1) is 30.0. The molecule has 36 heavy (non-hydrogen) atoms. The van der Waals surface area contributed by atoms with Gasteiger partial charge in [0.1, 0.15) is 11.7 Å². The number of carbonyl (C=O) groups excluding carboxylic acids is 3. The Morgan fingerprint density at radius 3 is 2.19 bits per heavy atom. The highest BCUT2D eigenvalue weighted by molar-refractivity contribution is 6.09. The fourth-order valence-corrected chi connectivity index (χ4v) is 5.67. The minimum Gasteiger partial charge on any atom is -0.465 e. The highest BCUT2D eigenvalue weighted by Crippen LogP contribution is 2.42. The summed E-state index contributed by atoms with van der Waals surface area (Å²) in [5, 5.41) is 0. The minimum atomic E-state index is -0.971. The van der Waals surface area contributed by atoms with E-state index in [9.17, 15) is 14.4 Å². The van der Waals surface area contributed by atoms with Crippen LogP contribution in [0.25, 0.3) is 0 Å². The molecule has 0 saturated heterocycles. The van der Waals surface area contributed by atoms with Crippen LogP contribution in [-0.2, 0) is 14.3 Å². The average Bonchev–Trinajstić information content (AvgIpc) is 2.83. The van der Waals surface area contributed by atoms with E-state index in [1.807, 2.05) is 19.9 Å². The second-order valence-electron chi connectivity index (χ2n) is 11.4. The van der Waals surface area contributed by atoms with Gasteiger partial charge < -0.3 is 4.74 Å². The van der Waals surface area contributed by atoms with Gasteiger partial charge in [-0.15, -0.1) is 0 Å². The van der Waals surface area contributed by atoms with Crippen molar-refractivity contribution in [2.45, 2.75) is 105 Å². The van der Waals surface area contributed by atoms with Crippen LogP contribution >= 0.6 is 0 Å². The molecule has 2 rings (SSSR count). The average molecular weight is 497 g/mol. The lowest BCUT2D eigenvalue weighted by atomic mass is 9.65. The van der Waals surface area contributed by atoms with Gasteiger partial charge in [-0.1, -0.05) is 115 Å². The number of carbonyl (C=O) groups is 3. The summed E-state index contributed by atoms with van der Waals surface area (Å²) in [6.07, 6.45) is 13.6. The van der Waals surface area contributed by atoms with Crippen LogP contribution in [0.5, 0.6) is 0 Å². The van der Waals surface area contributed by atoms with Gasteiger partial charge in [0.05, 0.1) is 6.61 Å². The van der Waals surface area contributed by atoms with Crippen LogP contribution in [-0.4, -0.2) is 24.1 Å². The standard InChI is InChI=1S/C32H48O4/c1-6-7-8-9-10-11-12-16-22-36-31(35)28(30(34)26-19-14-13-15-20-26)25(3)23-27(33)29-24(2)18-17-21-32(29,4)5/h13-15,18-20,25,28-29H,6-12,16-17,21-23H2,1-5H3. The minimum absolute atomic E-state index is 0.114. The van der Waals surface area contributed by atoms with Gasteiger partial charge in [-0.25, -0.2) is 0 Å². The van der Waals surface area contributed by atoms with Crippen molar-refractivity contribution in [3.63, 3.8) is 0 Å². The second kappa shape index (κ2) is 15.1. The van der Waals surface area contributed by atoms with E-state index in [1.165, 1.54) is 32.1 Å². The van der Waals surface area contributed by atoms with Gasteiger partial charge in [0.25, 0.3) is 0 Å². The number of esters is 1. The molecule has 0 fully saturated rings. The maximum atomic E-state index is 13.4. The zero-order valence-corrected chi connectivity index (χ0v) is 23.3. The molecule has 1 aliphatic carbocycles. The number of ketones is 2. The summed E-state index contributed by atoms with van der Waals surface area (Å²) < 4.78 is 5.62. The molecule has 0 spiro atoms. The molecule has 0 N–H and O–H groups in total. The molecule has 0 saturated carbocycles. The first-order valence-corrected chi connectivity index (χ1v) is 14.1. The van der Waals surface area contributed by atoms with Crippen LogP contribution in [0, 0.1) is 23.2 Å². The third-order valence-electron chi connectivity index (χ3n) is 7.74. The van der Waals surface area contributed by atoms with E-state index in [2.05, 4.69) is 26.8 Å². The molecule has 1 aromatic rings. The van der Waals surface area contributed by atoms with Gasteiger partial charge in [-0.05, 0) is 37.5 Å². The third-order valence-corrected chi connectivity index (χ3v) is 7.74. The van der Waals surface area contributed by atoms with Crippen molar-refractivity contribution in [2.24, 2.45) is 23.2 Å². The molecule has 4 heteroatoms. The Balaban J connectivity index is 2.01. The van der Waals surface area contributed by atoms with Crippen molar-refractivity contribution in [1.82, 2.24) is 0 Å². The smallest absolute Gasteiger partial charge is 0.317 e. The summed E-state index contributed by atoms with van der Waals surface area (Å²) in [6, 6.07) is 8.90. The van der Waals surface area contributed by atoms with Crippen LogP contribution in [0.4, 0.5) is 0 Å². The normalized spacial score (nSPS) is 18.7. The molecule has 3 atom stereocenters. The van der Waals surface area contributed by atoms with Crippen molar-refractivity contribution in [1.29, 1.82) is 0 Å².